The van der Waals surface area contributed by atoms with E-state index in [4.69, 9.17) is 4.42 Å². The lowest BCUT2D eigenvalue weighted by Crippen LogP contribution is -2.49. The number of nitrogens with zero attached hydrogens (tertiary/aromatic N) is 2. The Morgan fingerprint density at radius 1 is 1.31 bits per heavy atom. The largest absolute Gasteiger partial charge is 0.459 e. The number of halogens is 1. The van der Waals surface area contributed by atoms with Crippen LogP contribution in [0.2, 0.25) is 0 Å². The van der Waals surface area contributed by atoms with E-state index in [0.29, 0.717) is 12.1 Å². The van der Waals surface area contributed by atoms with Crippen molar-refractivity contribution in [2.24, 2.45) is 0 Å². The Balaban J connectivity index is 1.93. The Labute approximate surface area is 159 Å². The van der Waals surface area contributed by atoms with Crippen molar-refractivity contribution in [3.05, 3.63) is 52.9 Å². The molecule has 0 bridgehead atoms. The molecule has 3 rings (SSSR count). The number of rotatable bonds is 5. The average Bonchev–Trinajstić information content (AvgIpc) is 3.25. The average molecular weight is 419 g/mol. The predicted octanol–water partition coefficient (Wildman–Crippen LogP) is 3.61. The zero-order chi connectivity index (χ0) is 18.8. The van der Waals surface area contributed by atoms with E-state index in [9.17, 15) is 14.4 Å². The Kier molecular flexibility index (Phi) is 5.27. The van der Waals surface area contributed by atoms with E-state index >= 15 is 0 Å². The molecule has 1 aromatic heterocycles. The van der Waals surface area contributed by atoms with Gasteiger partial charge in [0.05, 0.1) is 18.4 Å². The van der Waals surface area contributed by atoms with Crippen molar-refractivity contribution in [2.45, 2.75) is 38.8 Å². The highest BCUT2D eigenvalue weighted by Crippen LogP contribution is 2.29. The number of carbonyl (C=O) groups excluding carboxylic acids is 3. The number of imide groups is 1. The smallest absolute Gasteiger partial charge is 0.290 e. The summed E-state index contributed by atoms with van der Waals surface area (Å²) in [6, 6.07) is 9.07. The SMILES string of the molecule is CCC(C)N(C(=O)c1ccco1)C1CC(=O)N(c2ccc(Br)cc2)C1=O. The first-order valence-corrected chi connectivity index (χ1v) is 9.21. The summed E-state index contributed by atoms with van der Waals surface area (Å²) < 4.78 is 6.06. The second-order valence-electron chi connectivity index (χ2n) is 6.21. The maximum atomic E-state index is 13.0. The summed E-state index contributed by atoms with van der Waals surface area (Å²) in [4.78, 5) is 41.0. The maximum absolute atomic E-state index is 13.0. The summed E-state index contributed by atoms with van der Waals surface area (Å²) in [5, 5.41) is 0. The molecule has 2 unspecified atom stereocenters. The second-order valence-corrected chi connectivity index (χ2v) is 7.13. The molecule has 0 N–H and O–H groups in total. The van der Waals surface area contributed by atoms with Gasteiger partial charge in [-0.25, -0.2) is 4.90 Å². The molecule has 2 heterocycles. The first-order valence-electron chi connectivity index (χ1n) is 8.42. The van der Waals surface area contributed by atoms with Crippen LogP contribution in [0.1, 0.15) is 37.2 Å². The predicted molar refractivity (Wildman–Crippen MR) is 99.7 cm³/mol. The molecule has 1 aliphatic rings. The van der Waals surface area contributed by atoms with Gasteiger partial charge in [0.2, 0.25) is 5.91 Å². The van der Waals surface area contributed by atoms with Gasteiger partial charge in [0, 0.05) is 10.5 Å². The molecule has 1 aromatic carbocycles. The van der Waals surface area contributed by atoms with Gasteiger partial charge in [-0.2, -0.15) is 0 Å². The van der Waals surface area contributed by atoms with Gasteiger partial charge in [0.1, 0.15) is 6.04 Å². The van der Waals surface area contributed by atoms with Gasteiger partial charge >= 0.3 is 0 Å². The van der Waals surface area contributed by atoms with Crippen LogP contribution in [0, 0.1) is 0 Å². The summed E-state index contributed by atoms with van der Waals surface area (Å²) in [6.07, 6.45) is 2.03. The highest BCUT2D eigenvalue weighted by Gasteiger charge is 2.46. The summed E-state index contributed by atoms with van der Waals surface area (Å²) >= 11 is 3.34. The van der Waals surface area contributed by atoms with E-state index in [-0.39, 0.29) is 30.0 Å². The first kappa shape index (κ1) is 18.4. The van der Waals surface area contributed by atoms with Crippen molar-refractivity contribution in [3.63, 3.8) is 0 Å². The van der Waals surface area contributed by atoms with Crippen molar-refractivity contribution in [1.29, 1.82) is 0 Å². The summed E-state index contributed by atoms with van der Waals surface area (Å²) in [6.45, 7) is 3.79. The molecule has 136 valence electrons. The van der Waals surface area contributed by atoms with Crippen molar-refractivity contribution < 1.29 is 18.8 Å². The van der Waals surface area contributed by atoms with E-state index in [1.807, 2.05) is 13.8 Å². The Morgan fingerprint density at radius 2 is 2.00 bits per heavy atom. The maximum Gasteiger partial charge on any atom is 0.290 e. The molecule has 0 saturated carbocycles. The molecule has 1 fully saturated rings. The van der Waals surface area contributed by atoms with E-state index in [0.717, 1.165) is 9.37 Å². The summed E-state index contributed by atoms with van der Waals surface area (Å²) in [5.74, 6) is -0.929. The minimum atomic E-state index is -0.835. The third-order valence-corrected chi connectivity index (χ3v) is 5.10. The third kappa shape index (κ3) is 3.31. The summed E-state index contributed by atoms with van der Waals surface area (Å²) in [5.41, 5.74) is 0.500. The van der Waals surface area contributed by atoms with Crippen LogP contribution >= 0.6 is 15.9 Å². The zero-order valence-electron chi connectivity index (χ0n) is 14.5. The van der Waals surface area contributed by atoms with E-state index in [1.54, 1.807) is 36.4 Å². The number of furan rings is 1. The van der Waals surface area contributed by atoms with E-state index in [2.05, 4.69) is 15.9 Å². The minimum Gasteiger partial charge on any atom is -0.459 e. The van der Waals surface area contributed by atoms with E-state index < -0.39 is 11.9 Å². The molecule has 1 aliphatic heterocycles. The molecule has 6 nitrogen and oxygen atoms in total. The molecule has 0 radical (unpaired) electrons. The molecule has 0 aliphatic carbocycles. The molecule has 2 aromatic rings. The number of anilines is 1. The van der Waals surface area contributed by atoms with Crippen molar-refractivity contribution in [2.75, 3.05) is 4.90 Å². The van der Waals surface area contributed by atoms with Crippen molar-refractivity contribution in [1.82, 2.24) is 4.90 Å². The van der Waals surface area contributed by atoms with Crippen LogP contribution in [0.15, 0.2) is 51.6 Å². The number of benzene rings is 1. The standard InChI is InChI=1S/C19H19BrN2O4/c1-3-12(2)21(19(25)16-5-4-10-26-16)15-11-17(23)22(18(15)24)14-8-6-13(20)7-9-14/h4-10,12,15H,3,11H2,1-2H3. The molecule has 0 spiro atoms. The van der Waals surface area contributed by atoms with Crippen LogP contribution < -0.4 is 4.90 Å². The highest BCUT2D eigenvalue weighted by molar-refractivity contribution is 9.10. The number of hydrogen-bond donors (Lipinski definition) is 0. The van der Waals surface area contributed by atoms with Crippen molar-refractivity contribution in [3.8, 4) is 0 Å². The molecule has 3 amide bonds. The number of hydrogen-bond acceptors (Lipinski definition) is 4. The van der Waals surface area contributed by atoms with E-state index in [1.165, 1.54) is 11.2 Å². The van der Waals surface area contributed by atoms with Gasteiger partial charge < -0.3 is 9.32 Å². The molecule has 26 heavy (non-hydrogen) atoms. The molecular formula is C19H19BrN2O4. The van der Waals surface area contributed by atoms with Gasteiger partial charge in [-0.05, 0) is 49.7 Å². The lowest BCUT2D eigenvalue weighted by atomic mass is 10.1. The number of carbonyl (C=O) groups is 3. The van der Waals surface area contributed by atoms with Crippen LogP contribution in [0.4, 0.5) is 5.69 Å². The third-order valence-electron chi connectivity index (χ3n) is 4.58. The Bertz CT molecular complexity index is 817. The summed E-state index contributed by atoms with van der Waals surface area (Å²) in [7, 11) is 0. The monoisotopic (exact) mass is 418 g/mol. The van der Waals surface area contributed by atoms with Crippen molar-refractivity contribution >= 4 is 39.3 Å². The number of amides is 3. The lowest BCUT2D eigenvalue weighted by molar-refractivity contribution is -0.122. The first-order chi connectivity index (χ1) is 12.4. The Hall–Kier alpha value is -2.41. The molecule has 1 saturated heterocycles. The van der Waals surface area contributed by atoms with Crippen LogP contribution in [0.5, 0.6) is 0 Å². The van der Waals surface area contributed by atoms with Crippen LogP contribution in [0.3, 0.4) is 0 Å². The van der Waals surface area contributed by atoms with Gasteiger partial charge in [-0.15, -0.1) is 0 Å². The van der Waals surface area contributed by atoms with Crippen LogP contribution in [0.25, 0.3) is 0 Å². The molecular weight excluding hydrogens is 400 g/mol. The van der Waals surface area contributed by atoms with Gasteiger partial charge in [0.15, 0.2) is 5.76 Å². The quantitative estimate of drug-likeness (QED) is 0.695. The van der Waals surface area contributed by atoms with Gasteiger partial charge in [0.25, 0.3) is 11.8 Å². The van der Waals surface area contributed by atoms with Gasteiger partial charge in [-0.1, -0.05) is 22.9 Å². The Morgan fingerprint density at radius 3 is 2.58 bits per heavy atom. The molecule has 2 atom stereocenters. The topological polar surface area (TPSA) is 70.8 Å². The highest BCUT2D eigenvalue weighted by atomic mass is 79.9. The second kappa shape index (κ2) is 7.45. The zero-order valence-corrected chi connectivity index (χ0v) is 16.1. The van der Waals surface area contributed by atoms with Gasteiger partial charge in [-0.3, -0.25) is 14.4 Å². The normalized spacial score (nSPS) is 18.3. The van der Waals surface area contributed by atoms with Crippen LogP contribution in [-0.2, 0) is 9.59 Å². The fraction of sp³-hybridized carbons (Fsp3) is 0.316. The molecule has 7 heteroatoms. The minimum absolute atomic E-state index is 0.0360. The fourth-order valence-electron chi connectivity index (χ4n) is 3.07. The fourth-order valence-corrected chi connectivity index (χ4v) is 3.33. The lowest BCUT2D eigenvalue weighted by Gasteiger charge is -2.32. The van der Waals surface area contributed by atoms with Crippen LogP contribution in [-0.4, -0.2) is 34.7 Å².